The molecule has 2 aromatic rings. The number of nitro groups is 2. The Hall–Kier alpha value is -3.76. The van der Waals surface area contributed by atoms with Gasteiger partial charge in [-0.3, -0.25) is 25.7 Å². The molecule has 8 nitrogen and oxygen atoms in total. The molecule has 140 valence electrons. The topological polar surface area (TPSA) is 111 Å². The van der Waals surface area contributed by atoms with Crippen molar-refractivity contribution in [2.75, 3.05) is 5.43 Å². The van der Waals surface area contributed by atoms with Crippen molar-refractivity contribution < 1.29 is 23.0 Å². The maximum atomic E-state index is 12.6. The fourth-order valence-electron chi connectivity index (χ4n) is 2.04. The summed E-state index contributed by atoms with van der Waals surface area (Å²) in [5.74, 6) is 0. The number of para-hydroxylation sites is 1. The monoisotopic (exact) mass is 380 g/mol. The van der Waals surface area contributed by atoms with Gasteiger partial charge in [-0.2, -0.15) is 18.3 Å². The minimum absolute atomic E-state index is 0.117. The lowest BCUT2D eigenvalue weighted by atomic mass is 10.1. The summed E-state index contributed by atoms with van der Waals surface area (Å²) in [5.41, 5.74) is 0.296. The van der Waals surface area contributed by atoms with Gasteiger partial charge in [-0.1, -0.05) is 12.1 Å². The summed E-state index contributed by atoms with van der Waals surface area (Å²) in [6.45, 7) is 0. The van der Waals surface area contributed by atoms with Gasteiger partial charge in [0.25, 0.3) is 11.4 Å². The lowest BCUT2D eigenvalue weighted by molar-refractivity contribution is -0.385. The molecule has 0 aliphatic heterocycles. The van der Waals surface area contributed by atoms with Crippen molar-refractivity contribution in [1.29, 1.82) is 0 Å². The normalized spacial score (nSPS) is 11.8. The average molecular weight is 380 g/mol. The van der Waals surface area contributed by atoms with Crippen LogP contribution in [0, 0.1) is 20.2 Å². The number of nitrogens with zero attached hydrogens (tertiary/aromatic N) is 3. The highest BCUT2D eigenvalue weighted by Gasteiger charge is 2.33. The molecule has 0 heterocycles. The van der Waals surface area contributed by atoms with E-state index in [1.165, 1.54) is 30.4 Å². The van der Waals surface area contributed by atoms with Crippen LogP contribution in [0.3, 0.4) is 0 Å². The van der Waals surface area contributed by atoms with E-state index in [1.54, 1.807) is 6.07 Å². The second-order valence-electron chi connectivity index (χ2n) is 5.05. The van der Waals surface area contributed by atoms with E-state index in [-0.39, 0.29) is 11.4 Å². The van der Waals surface area contributed by atoms with Gasteiger partial charge in [0, 0.05) is 18.3 Å². The number of anilines is 1. The third kappa shape index (κ3) is 5.11. The van der Waals surface area contributed by atoms with Crippen molar-refractivity contribution in [2.24, 2.45) is 5.10 Å². The number of hydrogen-bond acceptors (Lipinski definition) is 6. The Morgan fingerprint density at radius 2 is 1.67 bits per heavy atom. The summed E-state index contributed by atoms with van der Waals surface area (Å²) in [4.78, 5) is 20.3. The molecule has 0 aliphatic rings. The Kier molecular flexibility index (Phi) is 5.85. The van der Waals surface area contributed by atoms with Crippen LogP contribution in [0.2, 0.25) is 0 Å². The van der Waals surface area contributed by atoms with Gasteiger partial charge in [0.2, 0.25) is 0 Å². The van der Waals surface area contributed by atoms with Gasteiger partial charge in [-0.25, -0.2) is 0 Å². The van der Waals surface area contributed by atoms with Crippen LogP contribution in [0.4, 0.5) is 30.2 Å². The number of hydrazone groups is 1. The largest absolute Gasteiger partial charge is 0.416 e. The quantitative estimate of drug-likeness (QED) is 0.446. The Balaban J connectivity index is 2.15. The maximum Gasteiger partial charge on any atom is 0.416 e. The number of benzene rings is 2. The zero-order chi connectivity index (χ0) is 20.0. The van der Waals surface area contributed by atoms with E-state index in [0.717, 1.165) is 12.3 Å². The van der Waals surface area contributed by atoms with Gasteiger partial charge in [0.1, 0.15) is 5.69 Å². The van der Waals surface area contributed by atoms with Crippen LogP contribution in [0.15, 0.2) is 53.6 Å². The summed E-state index contributed by atoms with van der Waals surface area (Å²) in [5, 5.41) is 25.5. The second kappa shape index (κ2) is 8.08. The zero-order valence-corrected chi connectivity index (χ0v) is 13.4. The molecule has 0 saturated heterocycles. The second-order valence-corrected chi connectivity index (χ2v) is 5.05. The summed E-state index contributed by atoms with van der Waals surface area (Å²) in [7, 11) is 0. The molecule has 0 fully saturated rings. The van der Waals surface area contributed by atoms with Crippen molar-refractivity contribution in [3.05, 3.63) is 79.9 Å². The number of hydrogen-bond donors (Lipinski definition) is 1. The van der Waals surface area contributed by atoms with Crippen molar-refractivity contribution >= 4 is 29.4 Å². The van der Waals surface area contributed by atoms with Gasteiger partial charge in [-0.05, 0) is 30.4 Å². The number of allylic oxidation sites excluding steroid dienone is 1. The van der Waals surface area contributed by atoms with Crippen LogP contribution in [0.5, 0.6) is 0 Å². The van der Waals surface area contributed by atoms with E-state index < -0.39 is 27.3 Å². The van der Waals surface area contributed by atoms with E-state index >= 15 is 0 Å². The average Bonchev–Trinajstić information content (AvgIpc) is 2.60. The highest BCUT2D eigenvalue weighted by atomic mass is 19.4. The number of halogens is 3. The van der Waals surface area contributed by atoms with Gasteiger partial charge < -0.3 is 0 Å². The molecule has 0 atom stereocenters. The van der Waals surface area contributed by atoms with Crippen LogP contribution in [-0.4, -0.2) is 16.1 Å². The van der Waals surface area contributed by atoms with E-state index in [9.17, 15) is 33.4 Å². The third-order valence-corrected chi connectivity index (χ3v) is 3.28. The zero-order valence-electron chi connectivity index (χ0n) is 13.4. The Bertz CT molecular complexity index is 926. The molecule has 0 spiro atoms. The molecule has 0 unspecified atom stereocenters. The first-order valence-electron chi connectivity index (χ1n) is 7.25. The molecule has 0 aliphatic carbocycles. The molecular formula is C16H11F3N4O4. The first-order chi connectivity index (χ1) is 12.7. The Morgan fingerprint density at radius 1 is 1.00 bits per heavy atom. The molecule has 0 aromatic heterocycles. The lowest BCUT2D eigenvalue weighted by Gasteiger charge is -2.08. The predicted molar refractivity (Wildman–Crippen MR) is 92.3 cm³/mol. The Labute approximate surface area is 149 Å². The van der Waals surface area contributed by atoms with Gasteiger partial charge in [0.05, 0.1) is 21.0 Å². The molecule has 2 rings (SSSR count). The SMILES string of the molecule is O=[N+]([O-])c1ccccc1C=CC=NNc1ccc(C(F)(F)F)cc1[N+](=O)[O-]. The van der Waals surface area contributed by atoms with E-state index in [0.29, 0.717) is 17.7 Å². The van der Waals surface area contributed by atoms with Crippen molar-refractivity contribution in [3.63, 3.8) is 0 Å². The minimum Gasteiger partial charge on any atom is -0.272 e. The smallest absolute Gasteiger partial charge is 0.272 e. The van der Waals surface area contributed by atoms with Crippen molar-refractivity contribution in [3.8, 4) is 0 Å². The van der Waals surface area contributed by atoms with Crippen LogP contribution < -0.4 is 5.43 Å². The molecular weight excluding hydrogens is 369 g/mol. The lowest BCUT2D eigenvalue weighted by Crippen LogP contribution is -2.06. The number of nitrogens with one attached hydrogen (secondary N) is 1. The summed E-state index contributed by atoms with van der Waals surface area (Å²) in [6, 6.07) is 7.93. The highest BCUT2D eigenvalue weighted by molar-refractivity contribution is 5.80. The predicted octanol–water partition coefficient (Wildman–Crippen LogP) is 4.63. The first-order valence-corrected chi connectivity index (χ1v) is 7.25. The number of nitro benzene ring substituents is 2. The van der Waals surface area contributed by atoms with Gasteiger partial charge >= 0.3 is 6.18 Å². The summed E-state index contributed by atoms with van der Waals surface area (Å²) in [6.07, 6.45) is -0.826. The minimum atomic E-state index is -4.71. The van der Waals surface area contributed by atoms with E-state index in [4.69, 9.17) is 0 Å². The first kappa shape index (κ1) is 19.6. The molecule has 0 radical (unpaired) electrons. The molecule has 11 heteroatoms. The fraction of sp³-hybridized carbons (Fsp3) is 0.0625. The van der Waals surface area contributed by atoms with Crippen molar-refractivity contribution in [1.82, 2.24) is 0 Å². The van der Waals surface area contributed by atoms with Crippen LogP contribution in [0.1, 0.15) is 11.1 Å². The third-order valence-electron chi connectivity index (χ3n) is 3.28. The standard InChI is InChI=1S/C16H11F3N4O4/c17-16(18,19)12-7-8-13(15(10-12)23(26)27)21-20-9-3-5-11-4-1-2-6-14(11)22(24)25/h1-10,21H. The molecule has 2 aromatic carbocycles. The fourth-order valence-corrected chi connectivity index (χ4v) is 2.04. The molecule has 27 heavy (non-hydrogen) atoms. The number of alkyl halides is 3. The molecule has 1 N–H and O–H groups in total. The van der Waals surface area contributed by atoms with Gasteiger partial charge in [0.15, 0.2) is 0 Å². The van der Waals surface area contributed by atoms with Crippen LogP contribution in [-0.2, 0) is 6.18 Å². The Morgan fingerprint density at radius 3 is 2.30 bits per heavy atom. The molecule has 0 amide bonds. The molecule has 0 bridgehead atoms. The highest BCUT2D eigenvalue weighted by Crippen LogP contribution is 2.34. The van der Waals surface area contributed by atoms with Crippen LogP contribution >= 0.6 is 0 Å². The summed E-state index contributed by atoms with van der Waals surface area (Å²) >= 11 is 0. The maximum absolute atomic E-state index is 12.6. The van der Waals surface area contributed by atoms with E-state index in [2.05, 4.69) is 10.5 Å². The summed E-state index contributed by atoms with van der Waals surface area (Å²) < 4.78 is 37.9. The molecule has 0 saturated carbocycles. The van der Waals surface area contributed by atoms with Crippen LogP contribution in [0.25, 0.3) is 6.08 Å². The van der Waals surface area contributed by atoms with E-state index in [1.807, 2.05) is 0 Å². The van der Waals surface area contributed by atoms with Crippen molar-refractivity contribution in [2.45, 2.75) is 6.18 Å². The number of rotatable bonds is 6. The van der Waals surface area contributed by atoms with Gasteiger partial charge in [-0.15, -0.1) is 0 Å².